The largest absolute Gasteiger partial charge is 0.447 e. The van der Waals surface area contributed by atoms with Crippen molar-refractivity contribution in [1.82, 2.24) is 4.72 Å². The van der Waals surface area contributed by atoms with Crippen LogP contribution in [0.15, 0.2) is 47.4 Å². The lowest BCUT2D eigenvalue weighted by molar-refractivity contribution is -0.116. The van der Waals surface area contributed by atoms with Crippen molar-refractivity contribution in [3.05, 3.63) is 53.6 Å². The summed E-state index contributed by atoms with van der Waals surface area (Å²) >= 11 is 0. The summed E-state index contributed by atoms with van der Waals surface area (Å²) in [6.07, 6.45) is -0.692. The molecular formula is C21H27N3O6S. The highest BCUT2D eigenvalue weighted by Gasteiger charge is 2.15. The fourth-order valence-corrected chi connectivity index (χ4v) is 3.65. The highest BCUT2D eigenvalue weighted by atomic mass is 32.2. The number of hydrogen-bond acceptors (Lipinski definition) is 6. The third-order valence-corrected chi connectivity index (χ3v) is 5.80. The highest BCUT2D eigenvalue weighted by molar-refractivity contribution is 7.89. The number of aryl methyl sites for hydroxylation is 2. The molecule has 0 heterocycles. The van der Waals surface area contributed by atoms with Gasteiger partial charge in [-0.3, -0.25) is 10.1 Å². The minimum absolute atomic E-state index is 0.0507. The van der Waals surface area contributed by atoms with E-state index in [1.165, 1.54) is 13.2 Å². The van der Waals surface area contributed by atoms with Crippen molar-refractivity contribution < 1.29 is 27.5 Å². The van der Waals surface area contributed by atoms with Gasteiger partial charge in [-0.1, -0.05) is 12.1 Å². The number of ether oxygens (including phenoxy) is 2. The zero-order valence-electron chi connectivity index (χ0n) is 17.7. The fraction of sp³-hybridized carbons (Fsp3) is 0.333. The molecule has 0 fully saturated rings. The topological polar surface area (TPSA) is 123 Å². The summed E-state index contributed by atoms with van der Waals surface area (Å²) < 4.78 is 36.9. The predicted octanol–water partition coefficient (Wildman–Crippen LogP) is 2.81. The van der Waals surface area contributed by atoms with Crippen LogP contribution in [-0.4, -0.2) is 47.3 Å². The Kier molecular flexibility index (Phi) is 8.98. The second-order valence-electron chi connectivity index (χ2n) is 6.78. The summed E-state index contributed by atoms with van der Waals surface area (Å²) in [4.78, 5) is 24.0. The van der Waals surface area contributed by atoms with Gasteiger partial charge in [-0.15, -0.1) is 0 Å². The van der Waals surface area contributed by atoms with Crippen molar-refractivity contribution in [2.45, 2.75) is 25.2 Å². The van der Waals surface area contributed by atoms with E-state index in [4.69, 9.17) is 9.47 Å². The first-order valence-electron chi connectivity index (χ1n) is 9.61. The summed E-state index contributed by atoms with van der Waals surface area (Å²) in [5.41, 5.74) is 2.77. The van der Waals surface area contributed by atoms with Gasteiger partial charge in [0, 0.05) is 31.5 Å². The van der Waals surface area contributed by atoms with Crippen molar-refractivity contribution in [2.75, 3.05) is 37.5 Å². The predicted molar refractivity (Wildman–Crippen MR) is 118 cm³/mol. The Bertz CT molecular complexity index is 1020. The molecule has 0 radical (unpaired) electrons. The molecule has 0 saturated carbocycles. The molecule has 2 aromatic rings. The molecular weight excluding hydrogens is 422 g/mol. The number of carbonyl (C=O) groups is 2. The maximum atomic E-state index is 12.4. The number of amides is 2. The van der Waals surface area contributed by atoms with Crippen LogP contribution in [0, 0.1) is 13.8 Å². The Morgan fingerprint density at radius 2 is 1.65 bits per heavy atom. The lowest BCUT2D eigenvalue weighted by Crippen LogP contribution is -2.28. The molecule has 168 valence electrons. The quantitative estimate of drug-likeness (QED) is 0.480. The van der Waals surface area contributed by atoms with E-state index < -0.39 is 16.1 Å². The maximum absolute atomic E-state index is 12.4. The molecule has 0 bridgehead atoms. The Morgan fingerprint density at radius 3 is 2.32 bits per heavy atom. The number of nitrogens with one attached hydrogen (secondary N) is 3. The van der Waals surface area contributed by atoms with Gasteiger partial charge in [0.1, 0.15) is 6.61 Å². The van der Waals surface area contributed by atoms with E-state index in [0.717, 1.165) is 11.1 Å². The van der Waals surface area contributed by atoms with Gasteiger partial charge in [0.25, 0.3) is 0 Å². The van der Waals surface area contributed by atoms with Crippen LogP contribution in [0.5, 0.6) is 0 Å². The van der Waals surface area contributed by atoms with Crippen LogP contribution in [0.2, 0.25) is 0 Å². The second-order valence-corrected chi connectivity index (χ2v) is 8.54. The molecule has 0 aliphatic carbocycles. The zero-order chi connectivity index (χ0) is 22.9. The van der Waals surface area contributed by atoms with E-state index in [0.29, 0.717) is 11.4 Å². The first-order chi connectivity index (χ1) is 14.7. The van der Waals surface area contributed by atoms with Crippen LogP contribution in [0.3, 0.4) is 0 Å². The van der Waals surface area contributed by atoms with Crippen LogP contribution < -0.4 is 15.4 Å². The van der Waals surface area contributed by atoms with Gasteiger partial charge in [0.05, 0.1) is 11.5 Å². The molecule has 0 atom stereocenters. The van der Waals surface area contributed by atoms with E-state index >= 15 is 0 Å². The molecule has 0 aromatic heterocycles. The minimum Gasteiger partial charge on any atom is -0.447 e. The van der Waals surface area contributed by atoms with Crippen molar-refractivity contribution in [1.29, 1.82) is 0 Å². The Labute approximate surface area is 182 Å². The van der Waals surface area contributed by atoms with Crippen LogP contribution in [0.25, 0.3) is 0 Å². The highest BCUT2D eigenvalue weighted by Crippen LogP contribution is 2.16. The summed E-state index contributed by atoms with van der Waals surface area (Å²) in [6.45, 7) is 4.10. The number of hydrogen-bond donors (Lipinski definition) is 3. The van der Waals surface area contributed by atoms with E-state index in [1.54, 1.807) is 36.4 Å². The standard InChI is InChI=1S/C21H27N3O6S/c1-15-7-8-19(13-16(15)2)31(27,28)22-10-9-20(25)23-17-5-4-6-18(14-17)24-21(26)30-12-11-29-3/h4-8,13-14,22H,9-12H2,1-3H3,(H,23,25)(H,24,26). The number of methoxy groups -OCH3 is 1. The Morgan fingerprint density at radius 1 is 0.935 bits per heavy atom. The molecule has 0 spiro atoms. The normalized spacial score (nSPS) is 11.1. The molecule has 10 heteroatoms. The number of rotatable bonds is 10. The van der Waals surface area contributed by atoms with Crippen LogP contribution in [0.1, 0.15) is 17.5 Å². The van der Waals surface area contributed by atoms with Gasteiger partial charge in [-0.2, -0.15) is 0 Å². The molecule has 0 aliphatic rings. The van der Waals surface area contributed by atoms with E-state index in [-0.39, 0.29) is 37.0 Å². The van der Waals surface area contributed by atoms with Crippen LogP contribution in [-0.2, 0) is 24.3 Å². The van der Waals surface area contributed by atoms with E-state index in [1.807, 2.05) is 13.8 Å². The zero-order valence-corrected chi connectivity index (χ0v) is 18.5. The number of benzene rings is 2. The molecule has 0 aliphatic heterocycles. The molecule has 2 aromatic carbocycles. The van der Waals surface area contributed by atoms with Crippen LogP contribution in [0.4, 0.5) is 16.2 Å². The molecule has 3 N–H and O–H groups in total. The third kappa shape index (κ3) is 8.00. The summed E-state index contributed by atoms with van der Waals surface area (Å²) in [6, 6.07) is 11.4. The average Bonchev–Trinajstić information content (AvgIpc) is 2.70. The van der Waals surface area contributed by atoms with Gasteiger partial charge in [0.15, 0.2) is 0 Å². The molecule has 2 amide bonds. The molecule has 0 saturated heterocycles. The summed E-state index contributed by atoms with van der Waals surface area (Å²) in [5, 5.41) is 5.21. The first kappa shape index (κ1) is 24.3. The number of sulfonamides is 1. The first-order valence-corrected chi connectivity index (χ1v) is 11.1. The Balaban J connectivity index is 1.84. The monoisotopic (exact) mass is 449 g/mol. The molecule has 2 rings (SSSR count). The lowest BCUT2D eigenvalue weighted by atomic mass is 10.1. The van der Waals surface area contributed by atoms with Gasteiger partial charge in [-0.25, -0.2) is 17.9 Å². The van der Waals surface area contributed by atoms with Crippen molar-refractivity contribution in [2.24, 2.45) is 0 Å². The summed E-state index contributed by atoms with van der Waals surface area (Å²) in [5.74, 6) is -0.373. The molecule has 31 heavy (non-hydrogen) atoms. The van der Waals surface area contributed by atoms with Crippen molar-refractivity contribution in [3.63, 3.8) is 0 Å². The average molecular weight is 450 g/mol. The lowest BCUT2D eigenvalue weighted by Gasteiger charge is -2.10. The Hall–Kier alpha value is -2.95. The van der Waals surface area contributed by atoms with Gasteiger partial charge < -0.3 is 14.8 Å². The van der Waals surface area contributed by atoms with Crippen molar-refractivity contribution >= 4 is 33.4 Å². The van der Waals surface area contributed by atoms with Gasteiger partial charge >= 0.3 is 6.09 Å². The number of carbonyl (C=O) groups excluding carboxylic acids is 2. The minimum atomic E-state index is -3.70. The number of anilines is 2. The molecule has 0 unspecified atom stereocenters. The second kappa shape index (κ2) is 11.4. The van der Waals surface area contributed by atoms with E-state index in [9.17, 15) is 18.0 Å². The fourth-order valence-electron chi connectivity index (χ4n) is 2.53. The third-order valence-electron chi connectivity index (χ3n) is 4.35. The van der Waals surface area contributed by atoms with E-state index in [2.05, 4.69) is 15.4 Å². The summed E-state index contributed by atoms with van der Waals surface area (Å²) in [7, 11) is -2.20. The maximum Gasteiger partial charge on any atom is 0.411 e. The van der Waals surface area contributed by atoms with Crippen molar-refractivity contribution in [3.8, 4) is 0 Å². The smallest absolute Gasteiger partial charge is 0.411 e. The van der Waals surface area contributed by atoms with Gasteiger partial charge in [-0.05, 0) is 55.3 Å². The van der Waals surface area contributed by atoms with Crippen LogP contribution >= 0.6 is 0 Å². The van der Waals surface area contributed by atoms with Gasteiger partial charge in [0.2, 0.25) is 15.9 Å². The SMILES string of the molecule is COCCOC(=O)Nc1cccc(NC(=O)CCNS(=O)(=O)c2ccc(C)c(C)c2)c1. The molecule has 9 nitrogen and oxygen atoms in total.